The molecule has 18 heavy (non-hydrogen) atoms. The summed E-state index contributed by atoms with van der Waals surface area (Å²) < 4.78 is 26.0. The molecule has 0 fully saturated rings. The highest BCUT2D eigenvalue weighted by atomic mass is 19.2. The molecule has 0 saturated carbocycles. The fourth-order valence-electron chi connectivity index (χ4n) is 1.78. The van der Waals surface area contributed by atoms with Crippen LogP contribution in [0.5, 0.6) is 0 Å². The van der Waals surface area contributed by atoms with Crippen LogP contribution in [-0.4, -0.2) is 12.6 Å². The molecule has 0 aliphatic rings. The summed E-state index contributed by atoms with van der Waals surface area (Å²) in [4.78, 5) is 0. The Labute approximate surface area is 107 Å². The molecule has 2 atom stereocenters. The standard InChI is InChI=1S/C14H18F2N2/c1-3-5-11(4-2)18-14(9-17)10-6-7-12(15)13(16)8-10/h2,6-8,11,14,18H,3,5,9,17H2,1H3. The molecule has 3 N–H and O–H groups in total. The predicted molar refractivity (Wildman–Crippen MR) is 68.8 cm³/mol. The van der Waals surface area contributed by atoms with Crippen LogP contribution in [-0.2, 0) is 0 Å². The van der Waals surface area contributed by atoms with Crippen LogP contribution in [0.1, 0.15) is 31.4 Å². The molecule has 0 spiro atoms. The Kier molecular flexibility index (Phi) is 5.76. The van der Waals surface area contributed by atoms with E-state index in [1.54, 1.807) is 0 Å². The molecule has 1 aromatic carbocycles. The highest BCUT2D eigenvalue weighted by molar-refractivity contribution is 5.22. The smallest absolute Gasteiger partial charge is 0.159 e. The van der Waals surface area contributed by atoms with Crippen LogP contribution in [0.3, 0.4) is 0 Å². The number of halogens is 2. The molecular weight excluding hydrogens is 234 g/mol. The monoisotopic (exact) mass is 252 g/mol. The van der Waals surface area contributed by atoms with Crippen molar-refractivity contribution in [3.8, 4) is 12.3 Å². The first-order chi connectivity index (χ1) is 8.62. The lowest BCUT2D eigenvalue weighted by Gasteiger charge is -2.21. The summed E-state index contributed by atoms with van der Waals surface area (Å²) in [5.41, 5.74) is 6.25. The molecule has 0 heterocycles. The number of nitrogens with two attached hydrogens (primary N) is 1. The lowest BCUT2D eigenvalue weighted by Crippen LogP contribution is -2.35. The van der Waals surface area contributed by atoms with Gasteiger partial charge in [0.25, 0.3) is 0 Å². The second kappa shape index (κ2) is 7.10. The van der Waals surface area contributed by atoms with Gasteiger partial charge in [0.1, 0.15) is 0 Å². The summed E-state index contributed by atoms with van der Waals surface area (Å²) in [7, 11) is 0. The predicted octanol–water partition coefficient (Wildman–Crippen LogP) is 2.36. The summed E-state index contributed by atoms with van der Waals surface area (Å²) in [5, 5.41) is 3.17. The van der Waals surface area contributed by atoms with E-state index in [4.69, 9.17) is 12.2 Å². The molecule has 4 heteroatoms. The maximum Gasteiger partial charge on any atom is 0.159 e. The molecule has 0 saturated heterocycles. The Morgan fingerprint density at radius 1 is 1.39 bits per heavy atom. The summed E-state index contributed by atoms with van der Waals surface area (Å²) in [5.74, 6) is 0.890. The average Bonchev–Trinajstić information content (AvgIpc) is 2.38. The number of rotatable bonds is 6. The van der Waals surface area contributed by atoms with E-state index in [0.717, 1.165) is 25.0 Å². The van der Waals surface area contributed by atoms with Crippen molar-refractivity contribution >= 4 is 0 Å². The average molecular weight is 252 g/mol. The van der Waals surface area contributed by atoms with Gasteiger partial charge in [-0.15, -0.1) is 6.42 Å². The van der Waals surface area contributed by atoms with E-state index in [0.29, 0.717) is 5.56 Å². The minimum atomic E-state index is -0.875. The Hall–Kier alpha value is -1.44. The SMILES string of the molecule is C#CC(CCC)NC(CN)c1ccc(F)c(F)c1. The molecule has 0 amide bonds. The van der Waals surface area contributed by atoms with Gasteiger partial charge >= 0.3 is 0 Å². The lowest BCUT2D eigenvalue weighted by atomic mass is 10.0. The van der Waals surface area contributed by atoms with E-state index in [1.807, 2.05) is 6.92 Å². The summed E-state index contributed by atoms with van der Waals surface area (Å²) >= 11 is 0. The van der Waals surface area contributed by atoms with E-state index < -0.39 is 11.6 Å². The van der Waals surface area contributed by atoms with Crippen molar-refractivity contribution in [2.45, 2.75) is 31.8 Å². The van der Waals surface area contributed by atoms with Crippen molar-refractivity contribution in [2.75, 3.05) is 6.54 Å². The first kappa shape index (κ1) is 14.6. The highest BCUT2D eigenvalue weighted by Gasteiger charge is 2.15. The molecule has 2 nitrogen and oxygen atoms in total. The second-order valence-corrected chi connectivity index (χ2v) is 4.14. The first-order valence-electron chi connectivity index (χ1n) is 5.99. The summed E-state index contributed by atoms with van der Waals surface area (Å²) in [6.45, 7) is 2.30. The summed E-state index contributed by atoms with van der Waals surface area (Å²) in [6, 6.07) is 3.38. The Morgan fingerprint density at radius 3 is 2.61 bits per heavy atom. The minimum Gasteiger partial charge on any atom is -0.329 e. The van der Waals surface area contributed by atoms with Crippen LogP contribution < -0.4 is 11.1 Å². The number of nitrogens with one attached hydrogen (secondary N) is 1. The zero-order valence-corrected chi connectivity index (χ0v) is 10.4. The van der Waals surface area contributed by atoms with Crippen molar-refractivity contribution < 1.29 is 8.78 Å². The maximum atomic E-state index is 13.2. The zero-order valence-electron chi connectivity index (χ0n) is 10.4. The van der Waals surface area contributed by atoms with Gasteiger partial charge < -0.3 is 5.73 Å². The third-order valence-electron chi connectivity index (χ3n) is 2.76. The number of terminal acetylenes is 1. The van der Waals surface area contributed by atoms with E-state index >= 15 is 0 Å². The van der Waals surface area contributed by atoms with Gasteiger partial charge in [-0.2, -0.15) is 0 Å². The first-order valence-corrected chi connectivity index (χ1v) is 5.99. The van der Waals surface area contributed by atoms with E-state index in [1.165, 1.54) is 6.07 Å². The zero-order chi connectivity index (χ0) is 13.5. The summed E-state index contributed by atoms with van der Waals surface area (Å²) in [6.07, 6.45) is 7.16. The molecule has 98 valence electrons. The number of benzene rings is 1. The molecule has 0 aromatic heterocycles. The van der Waals surface area contributed by atoms with Gasteiger partial charge in [0.2, 0.25) is 0 Å². The van der Waals surface area contributed by atoms with Gasteiger partial charge in [-0.3, -0.25) is 5.32 Å². The van der Waals surface area contributed by atoms with Crippen LogP contribution in [0.15, 0.2) is 18.2 Å². The van der Waals surface area contributed by atoms with Gasteiger partial charge in [-0.05, 0) is 24.1 Å². The van der Waals surface area contributed by atoms with Crippen molar-refractivity contribution in [1.29, 1.82) is 0 Å². The van der Waals surface area contributed by atoms with E-state index in [2.05, 4.69) is 11.2 Å². The molecule has 0 aliphatic heterocycles. The van der Waals surface area contributed by atoms with Crippen molar-refractivity contribution in [3.05, 3.63) is 35.4 Å². The molecule has 1 rings (SSSR count). The highest BCUT2D eigenvalue weighted by Crippen LogP contribution is 2.16. The van der Waals surface area contributed by atoms with E-state index in [-0.39, 0.29) is 18.6 Å². The van der Waals surface area contributed by atoms with Gasteiger partial charge in [0, 0.05) is 12.6 Å². The van der Waals surface area contributed by atoms with Crippen LogP contribution in [0.25, 0.3) is 0 Å². The fraction of sp³-hybridized carbons (Fsp3) is 0.429. The van der Waals surface area contributed by atoms with Crippen molar-refractivity contribution in [2.24, 2.45) is 5.73 Å². The quantitative estimate of drug-likeness (QED) is 0.763. The second-order valence-electron chi connectivity index (χ2n) is 4.14. The number of hydrogen-bond donors (Lipinski definition) is 2. The maximum absolute atomic E-state index is 13.2. The Balaban J connectivity index is 2.82. The Bertz CT molecular complexity index is 426. The van der Waals surface area contributed by atoms with Gasteiger partial charge in [0.15, 0.2) is 11.6 Å². The van der Waals surface area contributed by atoms with Gasteiger partial charge in [0.05, 0.1) is 6.04 Å². The third kappa shape index (κ3) is 3.80. The normalized spacial score (nSPS) is 13.9. The molecule has 0 aliphatic carbocycles. The minimum absolute atomic E-state index is 0.114. The molecule has 0 bridgehead atoms. The molecular formula is C14H18F2N2. The fourth-order valence-corrected chi connectivity index (χ4v) is 1.78. The largest absolute Gasteiger partial charge is 0.329 e. The molecule has 0 radical (unpaired) electrons. The molecule has 2 unspecified atom stereocenters. The van der Waals surface area contributed by atoms with E-state index in [9.17, 15) is 8.78 Å². The van der Waals surface area contributed by atoms with Crippen LogP contribution in [0.2, 0.25) is 0 Å². The molecule has 1 aromatic rings. The van der Waals surface area contributed by atoms with Crippen LogP contribution in [0, 0.1) is 24.0 Å². The lowest BCUT2D eigenvalue weighted by molar-refractivity contribution is 0.466. The van der Waals surface area contributed by atoms with Gasteiger partial charge in [-0.25, -0.2) is 8.78 Å². The third-order valence-corrected chi connectivity index (χ3v) is 2.76. The van der Waals surface area contributed by atoms with Gasteiger partial charge in [-0.1, -0.05) is 25.3 Å². The van der Waals surface area contributed by atoms with Crippen LogP contribution in [0.4, 0.5) is 8.78 Å². The topological polar surface area (TPSA) is 38.0 Å². The number of hydrogen-bond acceptors (Lipinski definition) is 2. The van der Waals surface area contributed by atoms with Crippen LogP contribution >= 0.6 is 0 Å². The Morgan fingerprint density at radius 2 is 2.11 bits per heavy atom. The van der Waals surface area contributed by atoms with Crippen molar-refractivity contribution in [1.82, 2.24) is 5.32 Å². The van der Waals surface area contributed by atoms with Crippen molar-refractivity contribution in [3.63, 3.8) is 0 Å².